The summed E-state index contributed by atoms with van der Waals surface area (Å²) < 4.78 is 6.77. The summed E-state index contributed by atoms with van der Waals surface area (Å²) in [5.74, 6) is 0. The second-order valence-electron chi connectivity index (χ2n) is 7.35. The third-order valence-corrected chi connectivity index (χ3v) is 6.57. The molecular formula is C19H21N7S. The highest BCUT2D eigenvalue weighted by atomic mass is 32.2. The van der Waals surface area contributed by atoms with Crippen molar-refractivity contribution >= 4 is 23.2 Å². The van der Waals surface area contributed by atoms with E-state index in [1.165, 1.54) is 12.8 Å². The van der Waals surface area contributed by atoms with Gasteiger partial charge in [-0.05, 0) is 30.5 Å². The third-order valence-electron chi connectivity index (χ3n) is 5.49. The first-order chi connectivity index (χ1) is 13.3. The van der Waals surface area contributed by atoms with Crippen LogP contribution in [-0.4, -0.2) is 54.5 Å². The van der Waals surface area contributed by atoms with E-state index in [0.29, 0.717) is 6.42 Å². The van der Waals surface area contributed by atoms with Gasteiger partial charge in [-0.3, -0.25) is 4.68 Å². The number of fused-ring (bicyclic) bond motifs is 1. The van der Waals surface area contributed by atoms with Crippen LogP contribution in [0.2, 0.25) is 0 Å². The molecule has 2 aliphatic heterocycles. The molecule has 0 spiro atoms. The van der Waals surface area contributed by atoms with Gasteiger partial charge in [-0.15, -0.1) is 0 Å². The minimum atomic E-state index is -0.232. The van der Waals surface area contributed by atoms with Gasteiger partial charge in [0.05, 0.1) is 18.7 Å². The number of pyridine rings is 1. The van der Waals surface area contributed by atoms with Crippen LogP contribution in [-0.2, 0) is 5.54 Å². The number of hydrogen-bond donors (Lipinski definition) is 1. The van der Waals surface area contributed by atoms with E-state index in [9.17, 15) is 5.26 Å². The quantitative estimate of drug-likeness (QED) is 0.687. The van der Waals surface area contributed by atoms with E-state index in [2.05, 4.69) is 35.9 Å². The largest absolute Gasteiger partial charge is 0.346 e. The van der Waals surface area contributed by atoms with E-state index in [1.807, 2.05) is 47.5 Å². The van der Waals surface area contributed by atoms with Gasteiger partial charge in [0.2, 0.25) is 0 Å². The maximum atomic E-state index is 9.40. The van der Waals surface area contributed by atoms with Gasteiger partial charge in [0.15, 0.2) is 0 Å². The van der Waals surface area contributed by atoms with Crippen molar-refractivity contribution in [3.8, 4) is 17.2 Å². The fourth-order valence-electron chi connectivity index (χ4n) is 4.02. The van der Waals surface area contributed by atoms with Crippen LogP contribution in [0.5, 0.6) is 0 Å². The van der Waals surface area contributed by atoms with Crippen molar-refractivity contribution in [3.05, 3.63) is 36.9 Å². The van der Waals surface area contributed by atoms with Gasteiger partial charge in [-0.1, -0.05) is 0 Å². The van der Waals surface area contributed by atoms with Gasteiger partial charge in [0, 0.05) is 67.9 Å². The number of aromatic nitrogens is 4. The summed E-state index contributed by atoms with van der Waals surface area (Å²) in [6.07, 6.45) is 10.7. The maximum absolute atomic E-state index is 9.40. The molecule has 0 atom stereocenters. The Morgan fingerprint density at radius 1 is 1.22 bits per heavy atom. The lowest BCUT2D eigenvalue weighted by Crippen LogP contribution is -2.60. The Morgan fingerprint density at radius 3 is 2.89 bits per heavy atom. The summed E-state index contributed by atoms with van der Waals surface area (Å²) >= 11 is 1.83. The average Bonchev–Trinajstić information content (AvgIpc) is 3.39. The van der Waals surface area contributed by atoms with Crippen molar-refractivity contribution < 1.29 is 0 Å². The van der Waals surface area contributed by atoms with Crippen molar-refractivity contribution in [2.24, 2.45) is 0 Å². The molecule has 0 aliphatic carbocycles. The molecule has 0 unspecified atom stereocenters. The summed E-state index contributed by atoms with van der Waals surface area (Å²) in [6, 6.07) is 6.43. The van der Waals surface area contributed by atoms with Gasteiger partial charge in [-0.25, -0.2) is 13.6 Å². The van der Waals surface area contributed by atoms with Crippen LogP contribution in [0, 0.1) is 11.3 Å². The highest BCUT2D eigenvalue weighted by Crippen LogP contribution is 2.39. The Morgan fingerprint density at radius 2 is 2.07 bits per heavy atom. The van der Waals surface area contributed by atoms with Gasteiger partial charge in [-0.2, -0.15) is 10.4 Å². The first-order valence-corrected chi connectivity index (χ1v) is 10.0. The molecule has 8 heteroatoms. The molecule has 3 aromatic heterocycles. The van der Waals surface area contributed by atoms with Crippen LogP contribution in [0.15, 0.2) is 36.9 Å². The average molecular weight is 379 g/mol. The molecule has 0 bridgehead atoms. The van der Waals surface area contributed by atoms with Crippen LogP contribution in [0.1, 0.15) is 19.3 Å². The molecule has 7 nitrogen and oxygen atoms in total. The SMILES string of the molecule is N#CCC1(n2cc(-c3ccnc4[nH]ccc34)cn2)CN(SN2CCCC2)C1. The molecule has 5 rings (SSSR count). The van der Waals surface area contributed by atoms with Gasteiger partial charge in [0.25, 0.3) is 0 Å². The lowest BCUT2D eigenvalue weighted by Gasteiger charge is -2.48. The number of aromatic amines is 1. The van der Waals surface area contributed by atoms with Crippen molar-refractivity contribution in [2.45, 2.75) is 24.8 Å². The van der Waals surface area contributed by atoms with Crippen LogP contribution in [0.4, 0.5) is 0 Å². The fraction of sp³-hybridized carbons (Fsp3) is 0.421. The molecule has 3 aromatic rings. The topological polar surface area (TPSA) is 76.8 Å². The zero-order valence-electron chi connectivity index (χ0n) is 15.0. The molecular weight excluding hydrogens is 358 g/mol. The van der Waals surface area contributed by atoms with E-state index in [0.717, 1.165) is 48.3 Å². The molecule has 2 aliphatic rings. The molecule has 5 heterocycles. The van der Waals surface area contributed by atoms with E-state index >= 15 is 0 Å². The van der Waals surface area contributed by atoms with Gasteiger partial charge >= 0.3 is 0 Å². The summed E-state index contributed by atoms with van der Waals surface area (Å²) in [5, 5.41) is 15.1. The monoisotopic (exact) mass is 379 g/mol. The molecule has 0 aromatic carbocycles. The number of rotatable bonds is 5. The Bertz CT molecular complexity index is 989. The predicted molar refractivity (Wildman–Crippen MR) is 105 cm³/mol. The molecule has 0 radical (unpaired) electrons. The van der Waals surface area contributed by atoms with Crippen molar-refractivity contribution in [2.75, 3.05) is 26.2 Å². The molecule has 2 fully saturated rings. The van der Waals surface area contributed by atoms with E-state index in [1.54, 1.807) is 0 Å². The second-order valence-corrected chi connectivity index (χ2v) is 8.54. The van der Waals surface area contributed by atoms with E-state index < -0.39 is 0 Å². The fourth-order valence-corrected chi connectivity index (χ4v) is 5.36. The van der Waals surface area contributed by atoms with Crippen LogP contribution in [0.3, 0.4) is 0 Å². The Balaban J connectivity index is 1.39. The first-order valence-electron chi connectivity index (χ1n) is 9.30. The molecule has 2 saturated heterocycles. The van der Waals surface area contributed by atoms with Crippen molar-refractivity contribution in [1.82, 2.24) is 28.4 Å². The molecule has 0 amide bonds. The minimum absolute atomic E-state index is 0.232. The maximum Gasteiger partial charge on any atom is 0.137 e. The van der Waals surface area contributed by atoms with Crippen LogP contribution >= 0.6 is 12.1 Å². The lowest BCUT2D eigenvalue weighted by molar-refractivity contribution is 0.0782. The molecule has 138 valence electrons. The van der Waals surface area contributed by atoms with Crippen molar-refractivity contribution in [3.63, 3.8) is 0 Å². The smallest absolute Gasteiger partial charge is 0.137 e. The summed E-state index contributed by atoms with van der Waals surface area (Å²) in [6.45, 7) is 4.01. The Hall–Kier alpha value is -2.34. The third kappa shape index (κ3) is 2.92. The van der Waals surface area contributed by atoms with Crippen LogP contribution < -0.4 is 0 Å². The Labute approximate surface area is 162 Å². The predicted octanol–water partition coefficient (Wildman–Crippen LogP) is 3.01. The number of hydrogen-bond acceptors (Lipinski definition) is 6. The summed E-state index contributed by atoms with van der Waals surface area (Å²) in [4.78, 5) is 7.51. The van der Waals surface area contributed by atoms with Gasteiger partial charge < -0.3 is 4.98 Å². The second kappa shape index (κ2) is 6.68. The first kappa shape index (κ1) is 16.8. The lowest BCUT2D eigenvalue weighted by atomic mass is 9.89. The van der Waals surface area contributed by atoms with Crippen molar-refractivity contribution in [1.29, 1.82) is 5.26 Å². The molecule has 1 N–H and O–H groups in total. The highest BCUT2D eigenvalue weighted by Gasteiger charge is 2.46. The van der Waals surface area contributed by atoms with Gasteiger partial charge in [0.1, 0.15) is 11.2 Å². The standard InChI is InChI=1S/C19H21N7S/c20-6-5-19(13-25(14-19)27-24-9-1-2-10-24)26-12-15(11-23-26)16-3-7-21-18-17(16)4-8-22-18/h3-4,7-8,11-12H,1-2,5,9-10,13-14H2,(H,21,22). The summed E-state index contributed by atoms with van der Waals surface area (Å²) in [5.41, 5.74) is 2.82. The van der Waals surface area contributed by atoms with E-state index in [4.69, 9.17) is 0 Å². The number of nitrogens with one attached hydrogen (secondary N) is 1. The number of H-pyrrole nitrogens is 1. The van der Waals surface area contributed by atoms with Crippen LogP contribution in [0.25, 0.3) is 22.2 Å². The summed E-state index contributed by atoms with van der Waals surface area (Å²) in [7, 11) is 0. The minimum Gasteiger partial charge on any atom is -0.346 e. The highest BCUT2D eigenvalue weighted by molar-refractivity contribution is 7.94. The zero-order chi connectivity index (χ0) is 18.3. The zero-order valence-corrected chi connectivity index (χ0v) is 15.8. The number of nitrogens with zero attached hydrogens (tertiary/aromatic N) is 6. The molecule has 27 heavy (non-hydrogen) atoms. The molecule has 0 saturated carbocycles. The normalized spacial score (nSPS) is 20.0. The Kier molecular flexibility index (Phi) is 4.16. The van der Waals surface area contributed by atoms with E-state index in [-0.39, 0.29) is 5.54 Å². The number of nitriles is 1.